The lowest BCUT2D eigenvalue weighted by atomic mass is 9.77. The second-order valence-electron chi connectivity index (χ2n) is 4.57. The van der Waals surface area contributed by atoms with Crippen molar-refractivity contribution in [2.24, 2.45) is 11.3 Å². The summed E-state index contributed by atoms with van der Waals surface area (Å²) < 4.78 is 0. The first kappa shape index (κ1) is 12.3. The van der Waals surface area contributed by atoms with Crippen LogP contribution in [-0.4, -0.2) is 5.33 Å². The van der Waals surface area contributed by atoms with Gasteiger partial charge >= 0.3 is 0 Å². The van der Waals surface area contributed by atoms with E-state index in [4.69, 9.17) is 0 Å². The zero-order chi connectivity index (χ0) is 10.6. The van der Waals surface area contributed by atoms with E-state index in [0.717, 1.165) is 11.2 Å². The van der Waals surface area contributed by atoms with Gasteiger partial charge in [-0.3, -0.25) is 0 Å². The Bertz CT molecular complexity index is 253. The average molecular weight is 275 g/mol. The Labute approximate surface area is 99.9 Å². The number of hydrogen-bond acceptors (Lipinski definition) is 1. The lowest BCUT2D eigenvalue weighted by Gasteiger charge is -2.31. The van der Waals surface area contributed by atoms with Crippen molar-refractivity contribution in [2.45, 2.75) is 33.6 Å². The van der Waals surface area contributed by atoms with Crippen molar-refractivity contribution >= 4 is 27.3 Å². The normalized spacial score (nSPS) is 15.8. The number of aryl methyl sites for hydroxylation is 1. The Morgan fingerprint density at radius 2 is 2.21 bits per heavy atom. The van der Waals surface area contributed by atoms with Gasteiger partial charge in [0.2, 0.25) is 0 Å². The molecule has 0 N–H and O–H groups in total. The number of alkyl halides is 1. The molecule has 1 aromatic rings. The van der Waals surface area contributed by atoms with Crippen molar-refractivity contribution in [1.29, 1.82) is 0 Å². The van der Waals surface area contributed by atoms with Gasteiger partial charge in [-0.05, 0) is 46.6 Å². The first-order valence-electron chi connectivity index (χ1n) is 5.15. The van der Waals surface area contributed by atoms with E-state index in [1.165, 1.54) is 18.4 Å². The van der Waals surface area contributed by atoms with Gasteiger partial charge in [0.1, 0.15) is 0 Å². The van der Waals surface area contributed by atoms with Crippen LogP contribution in [0, 0.1) is 11.3 Å². The van der Waals surface area contributed by atoms with Gasteiger partial charge in [-0.25, -0.2) is 0 Å². The number of rotatable bonds is 5. The molecule has 0 aliphatic rings. The Morgan fingerprint density at radius 1 is 1.50 bits per heavy atom. The maximum atomic E-state index is 3.64. The number of halogens is 1. The molecule has 0 aliphatic heterocycles. The zero-order valence-corrected chi connectivity index (χ0v) is 11.6. The predicted molar refractivity (Wildman–Crippen MR) is 69.4 cm³/mol. The van der Waals surface area contributed by atoms with E-state index < -0.39 is 0 Å². The predicted octanol–water partition coefficient (Wildman–Crippen LogP) is 4.74. The molecular weight excluding hydrogens is 256 g/mol. The molecule has 2 heteroatoms. The second-order valence-corrected chi connectivity index (χ2v) is 5.91. The van der Waals surface area contributed by atoms with Gasteiger partial charge < -0.3 is 0 Å². The molecule has 0 saturated carbocycles. The van der Waals surface area contributed by atoms with Crippen LogP contribution < -0.4 is 0 Å². The largest absolute Gasteiger partial charge is 0.152 e. The molecule has 0 aliphatic carbocycles. The Morgan fingerprint density at radius 3 is 2.64 bits per heavy atom. The smallest absolute Gasteiger partial charge is 0.00878 e. The maximum Gasteiger partial charge on any atom is 0.00878 e. The van der Waals surface area contributed by atoms with Gasteiger partial charge in [-0.1, -0.05) is 36.7 Å². The monoisotopic (exact) mass is 274 g/mol. The van der Waals surface area contributed by atoms with Crippen LogP contribution in [0.3, 0.4) is 0 Å². The van der Waals surface area contributed by atoms with Crippen LogP contribution in [0.1, 0.15) is 32.8 Å². The molecule has 80 valence electrons. The van der Waals surface area contributed by atoms with E-state index in [1.54, 1.807) is 11.3 Å². The Balaban J connectivity index is 2.50. The topological polar surface area (TPSA) is 0 Å². The molecule has 0 nitrogen and oxygen atoms in total. The summed E-state index contributed by atoms with van der Waals surface area (Å²) in [4.78, 5) is 0. The van der Waals surface area contributed by atoms with Crippen LogP contribution in [0.25, 0.3) is 0 Å². The summed E-state index contributed by atoms with van der Waals surface area (Å²) in [5.74, 6) is 0.737. The van der Waals surface area contributed by atoms with Crippen molar-refractivity contribution < 1.29 is 0 Å². The van der Waals surface area contributed by atoms with Crippen LogP contribution in [0.5, 0.6) is 0 Å². The summed E-state index contributed by atoms with van der Waals surface area (Å²) in [6, 6.07) is 2.24. The zero-order valence-electron chi connectivity index (χ0n) is 9.22. The molecule has 0 aromatic carbocycles. The molecule has 1 rings (SSSR count). The molecule has 0 saturated heterocycles. The summed E-state index contributed by atoms with van der Waals surface area (Å²) in [5, 5.41) is 5.52. The van der Waals surface area contributed by atoms with Crippen molar-refractivity contribution in [3.63, 3.8) is 0 Å². The SMILES string of the molecule is CC(C)C(C)(CBr)CCc1ccsc1. The standard InChI is InChI=1S/C12H19BrS/c1-10(2)12(3,9-13)6-4-11-5-7-14-8-11/h5,7-8,10H,4,6,9H2,1-3H3. The minimum Gasteiger partial charge on any atom is -0.152 e. The van der Waals surface area contributed by atoms with Gasteiger partial charge in [0.25, 0.3) is 0 Å². The highest BCUT2D eigenvalue weighted by Gasteiger charge is 2.26. The fourth-order valence-electron chi connectivity index (χ4n) is 1.37. The van der Waals surface area contributed by atoms with Gasteiger partial charge in [-0.15, -0.1) is 0 Å². The van der Waals surface area contributed by atoms with Crippen LogP contribution >= 0.6 is 27.3 Å². The summed E-state index contributed by atoms with van der Waals surface area (Å²) in [7, 11) is 0. The fraction of sp³-hybridized carbons (Fsp3) is 0.667. The van der Waals surface area contributed by atoms with E-state index in [-0.39, 0.29) is 0 Å². The van der Waals surface area contributed by atoms with Gasteiger partial charge in [0.05, 0.1) is 0 Å². The summed E-state index contributed by atoms with van der Waals surface area (Å²) >= 11 is 5.43. The lowest BCUT2D eigenvalue weighted by Crippen LogP contribution is -2.25. The molecule has 0 radical (unpaired) electrons. The van der Waals surface area contributed by atoms with Crippen LogP contribution in [-0.2, 0) is 6.42 Å². The van der Waals surface area contributed by atoms with Gasteiger partial charge in [-0.2, -0.15) is 11.3 Å². The fourth-order valence-corrected chi connectivity index (χ4v) is 3.01. The molecule has 1 atom stereocenters. The van der Waals surface area contributed by atoms with Gasteiger partial charge in [0, 0.05) is 5.33 Å². The molecule has 1 aromatic heterocycles. The number of hydrogen-bond donors (Lipinski definition) is 0. The highest BCUT2D eigenvalue weighted by molar-refractivity contribution is 9.09. The second kappa shape index (κ2) is 5.32. The van der Waals surface area contributed by atoms with E-state index in [2.05, 4.69) is 53.5 Å². The third-order valence-corrected chi connectivity index (χ3v) is 5.28. The van der Waals surface area contributed by atoms with Crippen LogP contribution in [0.4, 0.5) is 0 Å². The third-order valence-electron chi connectivity index (χ3n) is 3.26. The first-order chi connectivity index (χ1) is 6.58. The summed E-state index contributed by atoms with van der Waals surface area (Å²) in [6.07, 6.45) is 2.48. The van der Waals surface area contributed by atoms with E-state index in [1.807, 2.05) is 0 Å². The molecule has 1 unspecified atom stereocenters. The molecular formula is C12H19BrS. The molecule has 14 heavy (non-hydrogen) atoms. The van der Waals surface area contributed by atoms with E-state index >= 15 is 0 Å². The molecule has 1 heterocycles. The van der Waals surface area contributed by atoms with Crippen LogP contribution in [0.15, 0.2) is 16.8 Å². The molecule has 0 amide bonds. The minimum absolute atomic E-state index is 0.432. The van der Waals surface area contributed by atoms with Crippen molar-refractivity contribution in [3.05, 3.63) is 22.4 Å². The van der Waals surface area contributed by atoms with E-state index in [0.29, 0.717) is 5.41 Å². The third kappa shape index (κ3) is 3.09. The van der Waals surface area contributed by atoms with Crippen LogP contribution in [0.2, 0.25) is 0 Å². The average Bonchev–Trinajstić information content (AvgIpc) is 2.66. The quantitative estimate of drug-likeness (QED) is 0.681. The maximum absolute atomic E-state index is 3.64. The highest BCUT2D eigenvalue weighted by atomic mass is 79.9. The van der Waals surface area contributed by atoms with E-state index in [9.17, 15) is 0 Å². The molecule has 0 bridgehead atoms. The van der Waals surface area contributed by atoms with Crippen molar-refractivity contribution in [1.82, 2.24) is 0 Å². The Hall–Kier alpha value is 0.180. The van der Waals surface area contributed by atoms with Crippen molar-refractivity contribution in [3.8, 4) is 0 Å². The Kier molecular flexibility index (Phi) is 4.65. The molecule has 0 fully saturated rings. The molecule has 0 spiro atoms. The first-order valence-corrected chi connectivity index (χ1v) is 7.22. The highest BCUT2D eigenvalue weighted by Crippen LogP contribution is 2.34. The summed E-state index contributed by atoms with van der Waals surface area (Å²) in [6.45, 7) is 7.00. The minimum atomic E-state index is 0.432. The van der Waals surface area contributed by atoms with Crippen molar-refractivity contribution in [2.75, 3.05) is 5.33 Å². The van der Waals surface area contributed by atoms with Gasteiger partial charge in [0.15, 0.2) is 0 Å². The number of thiophene rings is 1. The lowest BCUT2D eigenvalue weighted by molar-refractivity contribution is 0.239. The summed E-state index contributed by atoms with van der Waals surface area (Å²) in [5.41, 5.74) is 1.92.